The Hall–Kier alpha value is -3.60. The summed E-state index contributed by atoms with van der Waals surface area (Å²) in [7, 11) is 0. The first-order valence-electron chi connectivity index (χ1n) is 9.95. The highest BCUT2D eigenvalue weighted by molar-refractivity contribution is 6.05. The van der Waals surface area contributed by atoms with Gasteiger partial charge in [0.05, 0.1) is 6.10 Å². The summed E-state index contributed by atoms with van der Waals surface area (Å²) in [5.74, 6) is 1.00. The number of amides is 1. The van der Waals surface area contributed by atoms with Crippen LogP contribution in [-0.4, -0.2) is 17.0 Å². The lowest BCUT2D eigenvalue weighted by molar-refractivity contribution is 0.102. The molecule has 1 N–H and O–H groups in total. The van der Waals surface area contributed by atoms with Gasteiger partial charge in [0.2, 0.25) is 5.89 Å². The third-order valence-corrected chi connectivity index (χ3v) is 4.74. The first-order chi connectivity index (χ1) is 14.4. The molecule has 3 aromatic carbocycles. The lowest BCUT2D eigenvalue weighted by Gasteiger charge is -2.12. The Kier molecular flexibility index (Phi) is 5.27. The maximum atomic E-state index is 12.8. The summed E-state index contributed by atoms with van der Waals surface area (Å²) in [6.07, 6.45) is 0.0438. The molecule has 1 amide bonds. The third kappa shape index (κ3) is 4.20. The fourth-order valence-electron chi connectivity index (χ4n) is 3.23. The van der Waals surface area contributed by atoms with E-state index in [0.29, 0.717) is 22.9 Å². The Labute approximate surface area is 175 Å². The van der Waals surface area contributed by atoms with Gasteiger partial charge in [-0.25, -0.2) is 4.98 Å². The van der Waals surface area contributed by atoms with Crippen molar-refractivity contribution in [2.45, 2.75) is 33.8 Å². The molecule has 0 fully saturated rings. The van der Waals surface area contributed by atoms with Crippen molar-refractivity contribution < 1.29 is 13.9 Å². The number of fused-ring (bicyclic) bond motifs is 1. The highest BCUT2D eigenvalue weighted by atomic mass is 16.5. The molecule has 0 saturated heterocycles. The number of aryl methyl sites for hydroxylation is 2. The number of carbonyl (C=O) groups is 1. The van der Waals surface area contributed by atoms with Crippen LogP contribution in [0.15, 0.2) is 65.1 Å². The maximum absolute atomic E-state index is 12.8. The Morgan fingerprint density at radius 2 is 1.87 bits per heavy atom. The van der Waals surface area contributed by atoms with E-state index in [2.05, 4.69) is 10.3 Å². The molecule has 0 atom stereocenters. The van der Waals surface area contributed by atoms with Crippen molar-refractivity contribution in [1.29, 1.82) is 0 Å². The minimum Gasteiger partial charge on any atom is -0.491 e. The SMILES string of the molecule is Cc1ccc2oc(-c3ccc(C)c(NC(=O)c4cccc(OC(C)C)c4)c3)nc2c1. The molecular formula is C25H24N2O3. The molecule has 30 heavy (non-hydrogen) atoms. The van der Waals surface area contributed by atoms with Gasteiger partial charge in [0.1, 0.15) is 11.3 Å². The lowest BCUT2D eigenvalue weighted by Crippen LogP contribution is -2.13. The van der Waals surface area contributed by atoms with Gasteiger partial charge in [-0.05, 0) is 81.3 Å². The molecule has 0 unspecified atom stereocenters. The van der Waals surface area contributed by atoms with Crippen LogP contribution in [0.4, 0.5) is 5.69 Å². The summed E-state index contributed by atoms with van der Waals surface area (Å²) < 4.78 is 11.6. The molecule has 0 spiro atoms. The first kappa shape index (κ1) is 19.7. The average molecular weight is 400 g/mol. The predicted octanol–water partition coefficient (Wildman–Crippen LogP) is 6.15. The van der Waals surface area contributed by atoms with E-state index >= 15 is 0 Å². The van der Waals surface area contributed by atoms with Crippen LogP contribution in [0.1, 0.15) is 35.3 Å². The van der Waals surface area contributed by atoms with Gasteiger partial charge in [-0.3, -0.25) is 4.79 Å². The molecule has 0 saturated carbocycles. The number of rotatable bonds is 5. The molecule has 0 aliphatic carbocycles. The second-order valence-corrected chi connectivity index (χ2v) is 7.67. The van der Waals surface area contributed by atoms with Crippen molar-refractivity contribution >= 4 is 22.7 Å². The van der Waals surface area contributed by atoms with Crippen LogP contribution in [0.5, 0.6) is 5.75 Å². The number of anilines is 1. The standard InChI is InChI=1S/C25H24N2O3/c1-15(2)29-20-7-5-6-18(13-20)24(28)26-21-14-19(10-9-17(21)4)25-27-22-12-16(3)8-11-23(22)30-25/h5-15H,1-4H3,(H,26,28). The van der Waals surface area contributed by atoms with Crippen molar-refractivity contribution in [3.63, 3.8) is 0 Å². The first-order valence-corrected chi connectivity index (χ1v) is 9.95. The van der Waals surface area contributed by atoms with Gasteiger partial charge in [0, 0.05) is 16.8 Å². The molecule has 4 rings (SSSR count). The predicted molar refractivity (Wildman–Crippen MR) is 119 cm³/mol. The van der Waals surface area contributed by atoms with E-state index in [1.165, 1.54) is 0 Å². The van der Waals surface area contributed by atoms with Crippen molar-refractivity contribution in [2.24, 2.45) is 0 Å². The molecule has 0 aliphatic heterocycles. The number of ether oxygens (including phenoxy) is 1. The Morgan fingerprint density at radius 3 is 2.67 bits per heavy atom. The van der Waals surface area contributed by atoms with Gasteiger partial charge in [0.25, 0.3) is 5.91 Å². The lowest BCUT2D eigenvalue weighted by atomic mass is 10.1. The number of nitrogens with zero attached hydrogens (tertiary/aromatic N) is 1. The van der Waals surface area contributed by atoms with Gasteiger partial charge < -0.3 is 14.5 Å². The Morgan fingerprint density at radius 1 is 1.03 bits per heavy atom. The number of hydrogen-bond acceptors (Lipinski definition) is 4. The molecule has 0 aliphatic rings. The second kappa shape index (κ2) is 8.03. The van der Waals surface area contributed by atoms with Crippen LogP contribution >= 0.6 is 0 Å². The summed E-state index contributed by atoms with van der Waals surface area (Å²) in [5.41, 5.74) is 5.70. The second-order valence-electron chi connectivity index (χ2n) is 7.67. The zero-order valence-corrected chi connectivity index (χ0v) is 17.5. The largest absolute Gasteiger partial charge is 0.491 e. The van der Waals surface area contributed by atoms with E-state index in [4.69, 9.17) is 9.15 Å². The molecule has 0 radical (unpaired) electrons. The van der Waals surface area contributed by atoms with E-state index in [0.717, 1.165) is 27.8 Å². The zero-order chi connectivity index (χ0) is 21.3. The van der Waals surface area contributed by atoms with Crippen LogP contribution in [0.3, 0.4) is 0 Å². The number of aromatic nitrogens is 1. The summed E-state index contributed by atoms with van der Waals surface area (Å²) in [5, 5.41) is 3.00. The highest BCUT2D eigenvalue weighted by Crippen LogP contribution is 2.29. The summed E-state index contributed by atoms with van der Waals surface area (Å²) in [6, 6.07) is 18.9. The smallest absolute Gasteiger partial charge is 0.255 e. The van der Waals surface area contributed by atoms with Crippen LogP contribution in [0, 0.1) is 13.8 Å². The molecular weight excluding hydrogens is 376 g/mol. The monoisotopic (exact) mass is 400 g/mol. The van der Waals surface area contributed by atoms with E-state index in [9.17, 15) is 4.79 Å². The minimum atomic E-state index is -0.197. The average Bonchev–Trinajstić information content (AvgIpc) is 3.12. The minimum absolute atomic E-state index is 0.0438. The number of carbonyl (C=O) groups excluding carboxylic acids is 1. The van der Waals surface area contributed by atoms with Crippen LogP contribution < -0.4 is 10.1 Å². The normalized spacial score (nSPS) is 11.1. The zero-order valence-electron chi connectivity index (χ0n) is 17.5. The Balaban J connectivity index is 1.61. The molecule has 152 valence electrons. The number of benzene rings is 3. The summed E-state index contributed by atoms with van der Waals surface area (Å²) >= 11 is 0. The molecule has 1 heterocycles. The van der Waals surface area contributed by atoms with Gasteiger partial charge >= 0.3 is 0 Å². The van der Waals surface area contributed by atoms with E-state index in [1.54, 1.807) is 12.1 Å². The maximum Gasteiger partial charge on any atom is 0.255 e. The third-order valence-electron chi connectivity index (χ3n) is 4.74. The quantitative estimate of drug-likeness (QED) is 0.436. The molecule has 4 aromatic rings. The van der Waals surface area contributed by atoms with E-state index in [-0.39, 0.29) is 12.0 Å². The fraction of sp³-hybridized carbons (Fsp3) is 0.200. The van der Waals surface area contributed by atoms with Gasteiger partial charge in [-0.2, -0.15) is 0 Å². The number of hydrogen-bond donors (Lipinski definition) is 1. The fourth-order valence-corrected chi connectivity index (χ4v) is 3.23. The van der Waals surface area contributed by atoms with Gasteiger partial charge in [0.15, 0.2) is 5.58 Å². The molecule has 5 nitrogen and oxygen atoms in total. The molecule has 5 heteroatoms. The van der Waals surface area contributed by atoms with Crippen LogP contribution in [0.25, 0.3) is 22.6 Å². The van der Waals surface area contributed by atoms with Crippen molar-refractivity contribution in [3.05, 3.63) is 77.4 Å². The van der Waals surface area contributed by atoms with E-state index in [1.807, 2.05) is 76.2 Å². The Bertz CT molecular complexity index is 1220. The molecule has 0 bridgehead atoms. The van der Waals surface area contributed by atoms with Crippen molar-refractivity contribution in [2.75, 3.05) is 5.32 Å². The van der Waals surface area contributed by atoms with Crippen LogP contribution in [0.2, 0.25) is 0 Å². The number of nitrogens with one attached hydrogen (secondary N) is 1. The highest BCUT2D eigenvalue weighted by Gasteiger charge is 2.13. The topological polar surface area (TPSA) is 64.4 Å². The van der Waals surface area contributed by atoms with Crippen LogP contribution in [-0.2, 0) is 0 Å². The van der Waals surface area contributed by atoms with Crippen molar-refractivity contribution in [3.8, 4) is 17.2 Å². The van der Waals surface area contributed by atoms with Crippen molar-refractivity contribution in [1.82, 2.24) is 4.98 Å². The van der Waals surface area contributed by atoms with Gasteiger partial charge in [-0.15, -0.1) is 0 Å². The van der Waals surface area contributed by atoms with E-state index < -0.39 is 0 Å². The molecule has 1 aromatic heterocycles. The summed E-state index contributed by atoms with van der Waals surface area (Å²) in [6.45, 7) is 7.88. The number of oxazole rings is 1. The van der Waals surface area contributed by atoms with Gasteiger partial charge in [-0.1, -0.05) is 18.2 Å². The summed E-state index contributed by atoms with van der Waals surface area (Å²) in [4.78, 5) is 17.4.